The molecule has 3 aromatic rings. The van der Waals surface area contributed by atoms with Crippen LogP contribution in [0.2, 0.25) is 6.82 Å². The minimum absolute atomic E-state index is 0.788. The van der Waals surface area contributed by atoms with Crippen molar-refractivity contribution in [3.8, 4) is 0 Å². The van der Waals surface area contributed by atoms with E-state index in [1.807, 2.05) is 33.2 Å². The summed E-state index contributed by atoms with van der Waals surface area (Å²) in [5.41, 5.74) is 4.00. The number of hydrogen-bond acceptors (Lipinski definition) is 5. The highest BCUT2D eigenvalue weighted by atomic mass is 32.1. The van der Waals surface area contributed by atoms with Gasteiger partial charge in [-0.2, -0.15) is 4.37 Å². The van der Waals surface area contributed by atoms with Gasteiger partial charge in [-0.1, -0.05) is 6.82 Å². The number of imidazole rings is 1. The number of fused-ring (bicyclic) bond motifs is 1. The van der Waals surface area contributed by atoms with Crippen molar-refractivity contribution in [3.63, 3.8) is 0 Å². The first-order valence-electron chi connectivity index (χ1n) is 6.21. The molecule has 0 radical (unpaired) electrons. The first kappa shape index (κ1) is 12.2. The molecular formula is C11H13B2N5S. The summed E-state index contributed by atoms with van der Waals surface area (Å²) in [4.78, 5) is 9.04. The molecule has 94 valence electrons. The molecule has 3 rings (SSSR count). The van der Waals surface area contributed by atoms with E-state index < -0.39 is 0 Å². The maximum absolute atomic E-state index is 4.62. The SMILES string of the molecule is Bc1cnc2c(Nc3cc(C)ns3)nc(BC)cn12. The molecule has 0 saturated carbocycles. The second kappa shape index (κ2) is 4.69. The van der Waals surface area contributed by atoms with Crippen LogP contribution >= 0.6 is 11.5 Å². The van der Waals surface area contributed by atoms with E-state index in [0.717, 1.165) is 40.6 Å². The van der Waals surface area contributed by atoms with E-state index in [9.17, 15) is 0 Å². The standard InChI is InChI=1S/C11H13B2N5S/c1-6-3-9(19-17-6)16-10-11-14-4-7(12)18(11)5-8(13-2)15-10/h3-5,13H,12H2,1-2H3,(H,15,16). The normalized spacial score (nSPS) is 10.8. The number of nitrogens with zero attached hydrogens (tertiary/aromatic N) is 4. The van der Waals surface area contributed by atoms with Crippen LogP contribution in [0.3, 0.4) is 0 Å². The Bertz CT molecular complexity index is 736. The molecule has 0 fully saturated rings. The summed E-state index contributed by atoms with van der Waals surface area (Å²) in [6.45, 7) is 4.08. The van der Waals surface area contributed by atoms with Crippen molar-refractivity contribution in [2.75, 3.05) is 5.32 Å². The van der Waals surface area contributed by atoms with Gasteiger partial charge in [0.2, 0.25) is 0 Å². The molecule has 0 aliphatic carbocycles. The minimum atomic E-state index is 0.788. The number of anilines is 2. The number of hydrogen-bond donors (Lipinski definition) is 1. The molecule has 3 heterocycles. The zero-order chi connectivity index (χ0) is 13.4. The lowest BCUT2D eigenvalue weighted by Crippen LogP contribution is -2.22. The molecule has 0 aliphatic heterocycles. The van der Waals surface area contributed by atoms with E-state index >= 15 is 0 Å². The Hall–Kier alpha value is -1.82. The molecule has 3 aromatic heterocycles. The fraction of sp³-hybridized carbons (Fsp3) is 0.182. The molecular weight excluding hydrogens is 256 g/mol. The molecule has 0 aliphatic rings. The van der Waals surface area contributed by atoms with Crippen molar-refractivity contribution in [1.82, 2.24) is 18.7 Å². The van der Waals surface area contributed by atoms with Crippen LogP contribution in [0.25, 0.3) is 5.65 Å². The fourth-order valence-corrected chi connectivity index (χ4v) is 2.61. The van der Waals surface area contributed by atoms with E-state index in [1.54, 1.807) is 0 Å². The summed E-state index contributed by atoms with van der Waals surface area (Å²) in [5, 5.41) is 4.30. The van der Waals surface area contributed by atoms with Crippen LogP contribution in [0, 0.1) is 6.92 Å². The highest BCUT2D eigenvalue weighted by Gasteiger charge is 2.10. The quantitative estimate of drug-likeness (QED) is 0.658. The van der Waals surface area contributed by atoms with Gasteiger partial charge >= 0.3 is 0 Å². The van der Waals surface area contributed by atoms with Crippen molar-refractivity contribution in [1.29, 1.82) is 0 Å². The van der Waals surface area contributed by atoms with Gasteiger partial charge in [0.25, 0.3) is 0 Å². The van der Waals surface area contributed by atoms with E-state index in [-0.39, 0.29) is 0 Å². The Morgan fingerprint density at radius 3 is 3.00 bits per heavy atom. The van der Waals surface area contributed by atoms with Crippen molar-refractivity contribution >= 4 is 54.3 Å². The van der Waals surface area contributed by atoms with Crippen LogP contribution in [-0.2, 0) is 0 Å². The van der Waals surface area contributed by atoms with Crippen LogP contribution < -0.4 is 16.5 Å². The molecule has 0 atom stereocenters. The van der Waals surface area contributed by atoms with Crippen molar-refractivity contribution < 1.29 is 0 Å². The zero-order valence-electron chi connectivity index (χ0n) is 11.1. The highest BCUT2D eigenvalue weighted by Crippen LogP contribution is 2.21. The van der Waals surface area contributed by atoms with Crippen LogP contribution in [0.15, 0.2) is 18.5 Å². The number of rotatable bonds is 3. The maximum Gasteiger partial charge on any atom is 0.181 e. The molecule has 5 nitrogen and oxygen atoms in total. The Morgan fingerprint density at radius 1 is 1.47 bits per heavy atom. The molecule has 0 bridgehead atoms. The monoisotopic (exact) mass is 269 g/mol. The lowest BCUT2D eigenvalue weighted by molar-refractivity contribution is 1.18. The largest absolute Gasteiger partial charge is 0.328 e. The van der Waals surface area contributed by atoms with Gasteiger partial charge in [-0.3, -0.25) is 0 Å². The van der Waals surface area contributed by atoms with Gasteiger partial charge in [0.15, 0.2) is 26.6 Å². The molecule has 19 heavy (non-hydrogen) atoms. The first-order chi connectivity index (χ1) is 9.17. The predicted molar refractivity (Wildman–Crippen MR) is 83.9 cm³/mol. The van der Waals surface area contributed by atoms with Gasteiger partial charge in [0, 0.05) is 18.0 Å². The summed E-state index contributed by atoms with van der Waals surface area (Å²) >= 11 is 1.44. The Balaban J connectivity index is 2.10. The third-order valence-corrected chi connectivity index (χ3v) is 3.75. The first-order valence-corrected chi connectivity index (χ1v) is 6.98. The van der Waals surface area contributed by atoms with Crippen molar-refractivity contribution in [2.45, 2.75) is 13.7 Å². The van der Waals surface area contributed by atoms with E-state index in [0.29, 0.717) is 0 Å². The van der Waals surface area contributed by atoms with Crippen LogP contribution in [0.1, 0.15) is 5.69 Å². The number of aryl methyl sites for hydroxylation is 1. The maximum atomic E-state index is 4.62. The molecule has 1 N–H and O–H groups in total. The zero-order valence-corrected chi connectivity index (χ0v) is 12.0. The van der Waals surface area contributed by atoms with Gasteiger partial charge in [-0.25, -0.2) is 9.97 Å². The average molecular weight is 269 g/mol. The Labute approximate surface area is 116 Å². The molecule has 0 amide bonds. The molecule has 0 unspecified atom stereocenters. The van der Waals surface area contributed by atoms with Crippen LogP contribution in [0.5, 0.6) is 0 Å². The smallest absolute Gasteiger partial charge is 0.181 e. The lowest BCUT2D eigenvalue weighted by Gasteiger charge is -2.07. The molecule has 8 heteroatoms. The average Bonchev–Trinajstić information content (AvgIpc) is 2.97. The third-order valence-electron chi connectivity index (χ3n) is 2.96. The van der Waals surface area contributed by atoms with E-state index in [2.05, 4.69) is 30.9 Å². The lowest BCUT2D eigenvalue weighted by atomic mass is 9.78. The topological polar surface area (TPSA) is 55.1 Å². The summed E-state index contributed by atoms with van der Waals surface area (Å²) in [6.07, 6.45) is 3.90. The summed E-state index contributed by atoms with van der Waals surface area (Å²) < 4.78 is 6.34. The minimum Gasteiger partial charge on any atom is -0.328 e. The fourth-order valence-electron chi connectivity index (χ4n) is 1.95. The summed E-state index contributed by atoms with van der Waals surface area (Å²) in [6, 6.07) is 2.01. The van der Waals surface area contributed by atoms with E-state index in [4.69, 9.17) is 0 Å². The second-order valence-electron chi connectivity index (χ2n) is 4.49. The molecule has 0 saturated heterocycles. The number of nitrogens with one attached hydrogen (secondary N) is 1. The van der Waals surface area contributed by atoms with Gasteiger partial charge in [-0.15, -0.1) is 0 Å². The second-order valence-corrected chi connectivity index (χ2v) is 5.29. The van der Waals surface area contributed by atoms with Gasteiger partial charge in [0.1, 0.15) is 5.00 Å². The van der Waals surface area contributed by atoms with Gasteiger partial charge in [-0.05, 0) is 30.1 Å². The number of aromatic nitrogens is 4. The highest BCUT2D eigenvalue weighted by molar-refractivity contribution is 7.10. The van der Waals surface area contributed by atoms with E-state index in [1.165, 1.54) is 11.5 Å². The molecule has 0 aromatic carbocycles. The van der Waals surface area contributed by atoms with Crippen LogP contribution in [0.4, 0.5) is 10.8 Å². The molecule has 0 spiro atoms. The third kappa shape index (κ3) is 2.23. The van der Waals surface area contributed by atoms with Gasteiger partial charge in [0.05, 0.1) is 5.69 Å². The van der Waals surface area contributed by atoms with Gasteiger partial charge < -0.3 is 9.72 Å². The summed E-state index contributed by atoms with van der Waals surface area (Å²) in [7, 11) is 2.93. The van der Waals surface area contributed by atoms with Crippen LogP contribution in [-0.4, -0.2) is 33.9 Å². The van der Waals surface area contributed by atoms with Crippen molar-refractivity contribution in [2.24, 2.45) is 0 Å². The predicted octanol–water partition coefficient (Wildman–Crippen LogP) is -0.394. The summed E-state index contributed by atoms with van der Waals surface area (Å²) in [5.74, 6) is 0.788. The van der Waals surface area contributed by atoms with Crippen molar-refractivity contribution in [3.05, 3.63) is 24.2 Å². The Morgan fingerprint density at radius 2 is 2.32 bits per heavy atom. The Kier molecular flexibility index (Phi) is 3.02.